The maximum absolute atomic E-state index is 12.1. The van der Waals surface area contributed by atoms with Crippen LogP contribution in [0.1, 0.15) is 32.1 Å². The Balaban J connectivity index is 1.88. The third-order valence-electron chi connectivity index (χ3n) is 3.78. The summed E-state index contributed by atoms with van der Waals surface area (Å²) in [6.45, 7) is 0.900. The van der Waals surface area contributed by atoms with Crippen LogP contribution < -0.4 is 0 Å². The van der Waals surface area contributed by atoms with Gasteiger partial charge >= 0.3 is 5.97 Å². The number of aliphatic hydroxyl groups is 1. The molecule has 0 aromatic carbocycles. The monoisotopic (exact) mass is 241 g/mol. The number of amides is 1. The molecule has 0 aromatic heterocycles. The van der Waals surface area contributed by atoms with Gasteiger partial charge in [0.2, 0.25) is 5.91 Å². The lowest BCUT2D eigenvalue weighted by molar-refractivity contribution is -0.142. The summed E-state index contributed by atoms with van der Waals surface area (Å²) < 4.78 is 0. The first-order valence-electron chi connectivity index (χ1n) is 6.29. The van der Waals surface area contributed by atoms with Crippen LogP contribution in [-0.4, -0.2) is 46.2 Å². The Labute approximate surface area is 100 Å². The Kier molecular flexibility index (Phi) is 3.66. The number of carbonyl (C=O) groups excluding carboxylic acids is 1. The minimum atomic E-state index is -0.852. The zero-order valence-corrected chi connectivity index (χ0v) is 9.84. The summed E-state index contributed by atoms with van der Waals surface area (Å²) in [6.07, 6.45) is 4.01. The van der Waals surface area contributed by atoms with E-state index in [-0.39, 0.29) is 24.5 Å². The van der Waals surface area contributed by atoms with Crippen molar-refractivity contribution in [2.45, 2.75) is 38.1 Å². The highest BCUT2D eigenvalue weighted by atomic mass is 16.4. The van der Waals surface area contributed by atoms with Gasteiger partial charge in [-0.05, 0) is 32.1 Å². The summed E-state index contributed by atoms with van der Waals surface area (Å²) in [5, 5.41) is 17.6. The first-order valence-corrected chi connectivity index (χ1v) is 6.29. The van der Waals surface area contributed by atoms with Gasteiger partial charge in [0.25, 0.3) is 0 Å². The van der Waals surface area contributed by atoms with Crippen molar-refractivity contribution in [1.82, 2.24) is 4.90 Å². The number of hydrogen-bond donors (Lipinski definition) is 2. The fraction of sp³-hybridized carbons (Fsp3) is 0.833. The molecule has 2 aliphatic rings. The van der Waals surface area contributed by atoms with Crippen molar-refractivity contribution < 1.29 is 19.8 Å². The van der Waals surface area contributed by atoms with Crippen LogP contribution in [-0.2, 0) is 9.59 Å². The van der Waals surface area contributed by atoms with Crippen LogP contribution in [0.4, 0.5) is 0 Å². The van der Waals surface area contributed by atoms with E-state index in [4.69, 9.17) is 10.2 Å². The number of aliphatic hydroxyl groups excluding tert-OH is 1. The highest BCUT2D eigenvalue weighted by molar-refractivity contribution is 5.89. The summed E-state index contributed by atoms with van der Waals surface area (Å²) in [6, 6.07) is 0.213. The second kappa shape index (κ2) is 5.04. The van der Waals surface area contributed by atoms with Gasteiger partial charge in [0, 0.05) is 19.2 Å². The molecular formula is C12H19NO4. The molecule has 1 saturated carbocycles. The molecule has 5 heteroatoms. The molecule has 2 N–H and O–H groups in total. The summed E-state index contributed by atoms with van der Waals surface area (Å²) >= 11 is 0. The van der Waals surface area contributed by atoms with E-state index in [1.165, 1.54) is 0 Å². The number of aliphatic carboxylic acids is 1. The first-order chi connectivity index (χ1) is 8.15. The first kappa shape index (κ1) is 12.4. The molecule has 1 aliphatic heterocycles. The standard InChI is InChI=1S/C12H19NO4/c14-6-2-4-8-3-1-5-13(8)11(15)9-7-10(9)12(16)17/h8-10,14H,1-7H2,(H,16,17). The van der Waals surface area contributed by atoms with E-state index in [9.17, 15) is 9.59 Å². The maximum Gasteiger partial charge on any atom is 0.307 e. The highest BCUT2D eigenvalue weighted by Gasteiger charge is 2.51. The molecular weight excluding hydrogens is 222 g/mol. The van der Waals surface area contributed by atoms with E-state index in [0.29, 0.717) is 12.8 Å². The van der Waals surface area contributed by atoms with Crippen LogP contribution in [0.3, 0.4) is 0 Å². The minimum Gasteiger partial charge on any atom is -0.481 e. The molecule has 0 spiro atoms. The van der Waals surface area contributed by atoms with E-state index in [1.807, 2.05) is 4.90 Å². The van der Waals surface area contributed by atoms with Crippen LogP contribution in [0.15, 0.2) is 0 Å². The van der Waals surface area contributed by atoms with Gasteiger partial charge < -0.3 is 15.1 Å². The lowest BCUT2D eigenvalue weighted by atomic mass is 10.1. The van der Waals surface area contributed by atoms with Crippen LogP contribution >= 0.6 is 0 Å². The lowest BCUT2D eigenvalue weighted by Gasteiger charge is -2.24. The number of nitrogens with zero attached hydrogens (tertiary/aromatic N) is 1. The van der Waals surface area contributed by atoms with Gasteiger partial charge in [0.05, 0.1) is 11.8 Å². The second-order valence-electron chi connectivity index (χ2n) is 4.98. The van der Waals surface area contributed by atoms with E-state index in [1.54, 1.807) is 0 Å². The van der Waals surface area contributed by atoms with Crippen LogP contribution in [0.5, 0.6) is 0 Å². The molecule has 17 heavy (non-hydrogen) atoms. The van der Waals surface area contributed by atoms with E-state index >= 15 is 0 Å². The van der Waals surface area contributed by atoms with Crippen molar-refractivity contribution in [2.75, 3.05) is 13.2 Å². The third kappa shape index (κ3) is 2.60. The predicted octanol–water partition coefficient (Wildman–Crippen LogP) is 0.471. The zero-order chi connectivity index (χ0) is 12.4. The smallest absolute Gasteiger partial charge is 0.307 e. The number of carboxylic acids is 1. The molecule has 0 radical (unpaired) electrons. The molecule has 1 heterocycles. The van der Waals surface area contributed by atoms with Crippen molar-refractivity contribution in [2.24, 2.45) is 11.8 Å². The molecule has 1 saturated heterocycles. The number of hydrogen-bond acceptors (Lipinski definition) is 3. The summed E-state index contributed by atoms with van der Waals surface area (Å²) in [7, 11) is 0. The van der Waals surface area contributed by atoms with Crippen LogP contribution in [0.2, 0.25) is 0 Å². The fourth-order valence-electron chi connectivity index (χ4n) is 2.71. The van der Waals surface area contributed by atoms with Crippen molar-refractivity contribution in [3.63, 3.8) is 0 Å². The molecule has 1 aliphatic carbocycles. The number of rotatable bonds is 5. The zero-order valence-electron chi connectivity index (χ0n) is 9.84. The van der Waals surface area contributed by atoms with E-state index < -0.39 is 11.9 Å². The molecule has 1 amide bonds. The van der Waals surface area contributed by atoms with Crippen molar-refractivity contribution >= 4 is 11.9 Å². The Hall–Kier alpha value is -1.10. The fourth-order valence-corrected chi connectivity index (χ4v) is 2.71. The van der Waals surface area contributed by atoms with Gasteiger partial charge in [0.15, 0.2) is 0 Å². The number of carboxylic acid groups (broad SMARTS) is 1. The van der Waals surface area contributed by atoms with Gasteiger partial charge in [-0.2, -0.15) is 0 Å². The second-order valence-corrected chi connectivity index (χ2v) is 4.98. The molecule has 0 aromatic rings. The van der Waals surface area contributed by atoms with Gasteiger partial charge in [0.1, 0.15) is 0 Å². The average molecular weight is 241 g/mol. The van der Waals surface area contributed by atoms with Gasteiger partial charge in [-0.25, -0.2) is 0 Å². The molecule has 0 bridgehead atoms. The highest BCUT2D eigenvalue weighted by Crippen LogP contribution is 2.41. The quantitative estimate of drug-likeness (QED) is 0.733. The normalized spacial score (nSPS) is 31.6. The maximum atomic E-state index is 12.1. The number of carbonyl (C=O) groups is 2. The summed E-state index contributed by atoms with van der Waals surface area (Å²) in [4.78, 5) is 24.7. The number of likely N-dealkylation sites (tertiary alicyclic amines) is 1. The van der Waals surface area contributed by atoms with Crippen LogP contribution in [0.25, 0.3) is 0 Å². The SMILES string of the molecule is O=C(O)C1CC1C(=O)N1CCCC1CCCO. The van der Waals surface area contributed by atoms with Crippen molar-refractivity contribution in [3.05, 3.63) is 0 Å². The van der Waals surface area contributed by atoms with E-state index in [0.717, 1.165) is 25.8 Å². The Morgan fingerprint density at radius 2 is 2.06 bits per heavy atom. The van der Waals surface area contributed by atoms with E-state index in [2.05, 4.69) is 0 Å². The average Bonchev–Trinajstić information content (AvgIpc) is 2.98. The van der Waals surface area contributed by atoms with Gasteiger partial charge in [-0.15, -0.1) is 0 Å². The topological polar surface area (TPSA) is 77.8 Å². The molecule has 2 fully saturated rings. The largest absolute Gasteiger partial charge is 0.481 e. The molecule has 3 unspecified atom stereocenters. The molecule has 96 valence electrons. The van der Waals surface area contributed by atoms with Crippen molar-refractivity contribution in [1.29, 1.82) is 0 Å². The van der Waals surface area contributed by atoms with Gasteiger partial charge in [-0.1, -0.05) is 0 Å². The predicted molar refractivity (Wildman–Crippen MR) is 60.3 cm³/mol. The Bertz CT molecular complexity index is 318. The van der Waals surface area contributed by atoms with Crippen molar-refractivity contribution in [3.8, 4) is 0 Å². The van der Waals surface area contributed by atoms with Crippen LogP contribution in [0, 0.1) is 11.8 Å². The molecule has 5 nitrogen and oxygen atoms in total. The summed E-state index contributed by atoms with van der Waals surface area (Å²) in [5.41, 5.74) is 0. The molecule has 3 atom stereocenters. The third-order valence-corrected chi connectivity index (χ3v) is 3.78. The van der Waals surface area contributed by atoms with Gasteiger partial charge in [-0.3, -0.25) is 9.59 Å². The summed E-state index contributed by atoms with van der Waals surface area (Å²) in [5.74, 6) is -1.59. The Morgan fingerprint density at radius 3 is 2.65 bits per heavy atom. The Morgan fingerprint density at radius 1 is 1.29 bits per heavy atom. The minimum absolute atomic E-state index is 0.0119. The lowest BCUT2D eigenvalue weighted by Crippen LogP contribution is -2.37. The molecule has 2 rings (SSSR count).